The fourth-order valence-electron chi connectivity index (χ4n) is 3.52. The van der Waals surface area contributed by atoms with Crippen LogP contribution >= 0.6 is 22.9 Å². The van der Waals surface area contributed by atoms with E-state index in [0.717, 1.165) is 30.2 Å². The van der Waals surface area contributed by atoms with Crippen LogP contribution in [0.15, 0.2) is 48.5 Å². The molecule has 0 spiro atoms. The molecule has 2 aromatic carbocycles. The molecule has 1 saturated heterocycles. The van der Waals surface area contributed by atoms with Gasteiger partial charge < -0.3 is 10.2 Å². The van der Waals surface area contributed by atoms with E-state index in [2.05, 4.69) is 16.3 Å². The lowest BCUT2D eigenvalue weighted by molar-refractivity contribution is -0.132. The van der Waals surface area contributed by atoms with Gasteiger partial charge in [-0.05, 0) is 24.3 Å². The fourth-order valence-corrected chi connectivity index (χ4v) is 4.75. The van der Waals surface area contributed by atoms with Crippen molar-refractivity contribution >= 4 is 45.0 Å². The van der Waals surface area contributed by atoms with Gasteiger partial charge in [-0.3, -0.25) is 14.5 Å². The summed E-state index contributed by atoms with van der Waals surface area (Å²) in [6.07, 6.45) is 0.286. The molecule has 1 aliphatic rings. The van der Waals surface area contributed by atoms with Crippen LogP contribution in [-0.4, -0.2) is 59.3 Å². The Labute approximate surface area is 184 Å². The van der Waals surface area contributed by atoms with Crippen LogP contribution in [0.25, 0.3) is 10.2 Å². The number of para-hydroxylation sites is 1. The van der Waals surface area contributed by atoms with Gasteiger partial charge in [-0.25, -0.2) is 4.98 Å². The molecule has 0 atom stereocenters. The molecule has 30 heavy (non-hydrogen) atoms. The highest BCUT2D eigenvalue weighted by Crippen LogP contribution is 2.23. The number of rotatable bonds is 6. The van der Waals surface area contributed by atoms with Crippen LogP contribution < -0.4 is 5.32 Å². The molecule has 4 rings (SSSR count). The Morgan fingerprint density at radius 2 is 1.77 bits per heavy atom. The molecular weight excluding hydrogens is 420 g/mol. The Bertz CT molecular complexity index is 1010. The minimum absolute atomic E-state index is 0.0640. The first-order valence-electron chi connectivity index (χ1n) is 9.97. The Kier molecular flexibility index (Phi) is 6.62. The molecule has 1 fully saturated rings. The average Bonchev–Trinajstić information content (AvgIpc) is 3.16. The van der Waals surface area contributed by atoms with Crippen LogP contribution in [0.2, 0.25) is 5.02 Å². The van der Waals surface area contributed by atoms with Crippen molar-refractivity contribution in [2.24, 2.45) is 0 Å². The molecule has 8 heteroatoms. The normalized spacial score (nSPS) is 14.8. The van der Waals surface area contributed by atoms with E-state index >= 15 is 0 Å². The molecule has 0 aliphatic carbocycles. The standard InChI is InChI=1S/C22H23ClN4O2S/c23-17-6-2-1-5-16(17)22(29)24-10-9-21(28)27-13-11-26(12-14-27)15-20-25-18-7-3-4-8-19(18)30-20/h1-8H,9-15H2,(H,24,29). The fraction of sp³-hybridized carbons (Fsp3) is 0.318. The molecule has 6 nitrogen and oxygen atoms in total. The van der Waals surface area contributed by atoms with Gasteiger partial charge in [0.05, 0.1) is 27.3 Å². The summed E-state index contributed by atoms with van der Waals surface area (Å²) >= 11 is 7.76. The first-order chi connectivity index (χ1) is 14.6. The van der Waals surface area contributed by atoms with E-state index in [1.807, 2.05) is 23.1 Å². The molecule has 2 heterocycles. The number of piperazine rings is 1. The van der Waals surface area contributed by atoms with Crippen molar-refractivity contribution in [3.8, 4) is 0 Å². The second-order valence-electron chi connectivity index (χ2n) is 7.22. The number of fused-ring (bicyclic) bond motifs is 1. The summed E-state index contributed by atoms with van der Waals surface area (Å²) in [5.74, 6) is -0.192. The Morgan fingerprint density at radius 3 is 2.53 bits per heavy atom. The number of carbonyl (C=O) groups excluding carboxylic acids is 2. The van der Waals surface area contributed by atoms with Crippen molar-refractivity contribution in [3.63, 3.8) is 0 Å². The third-order valence-corrected chi connectivity index (χ3v) is 6.52. The maximum Gasteiger partial charge on any atom is 0.252 e. The first-order valence-corrected chi connectivity index (χ1v) is 11.2. The third kappa shape index (κ3) is 4.98. The number of aromatic nitrogens is 1. The number of benzene rings is 2. The minimum Gasteiger partial charge on any atom is -0.351 e. The molecule has 0 unspecified atom stereocenters. The summed E-state index contributed by atoms with van der Waals surface area (Å²) in [7, 11) is 0. The van der Waals surface area contributed by atoms with E-state index in [0.29, 0.717) is 30.2 Å². The van der Waals surface area contributed by atoms with E-state index in [1.165, 1.54) is 4.70 Å². The monoisotopic (exact) mass is 442 g/mol. The largest absolute Gasteiger partial charge is 0.351 e. The Hall–Kier alpha value is -2.48. The van der Waals surface area contributed by atoms with Crippen LogP contribution in [0.4, 0.5) is 0 Å². The van der Waals surface area contributed by atoms with E-state index < -0.39 is 0 Å². The molecule has 0 radical (unpaired) electrons. The van der Waals surface area contributed by atoms with Crippen molar-refractivity contribution < 1.29 is 9.59 Å². The second kappa shape index (κ2) is 9.55. The van der Waals surface area contributed by atoms with Crippen LogP contribution in [-0.2, 0) is 11.3 Å². The summed E-state index contributed by atoms with van der Waals surface area (Å²) in [5, 5.41) is 4.29. The highest BCUT2D eigenvalue weighted by Gasteiger charge is 2.22. The van der Waals surface area contributed by atoms with Gasteiger partial charge in [0.2, 0.25) is 5.91 Å². The number of nitrogens with one attached hydrogen (secondary N) is 1. The number of hydrogen-bond donors (Lipinski definition) is 1. The predicted molar refractivity (Wildman–Crippen MR) is 120 cm³/mol. The SMILES string of the molecule is O=C(NCCC(=O)N1CCN(Cc2nc3ccccc3s2)CC1)c1ccccc1Cl. The zero-order chi connectivity index (χ0) is 20.9. The molecule has 1 aliphatic heterocycles. The van der Waals surface area contributed by atoms with E-state index in [1.54, 1.807) is 35.6 Å². The maximum atomic E-state index is 12.5. The van der Waals surface area contributed by atoms with Crippen molar-refractivity contribution in [2.75, 3.05) is 32.7 Å². The van der Waals surface area contributed by atoms with Gasteiger partial charge in [-0.2, -0.15) is 0 Å². The van der Waals surface area contributed by atoms with Crippen molar-refractivity contribution in [1.82, 2.24) is 20.1 Å². The lowest BCUT2D eigenvalue weighted by Crippen LogP contribution is -2.48. The molecule has 1 N–H and O–H groups in total. The number of halogens is 1. The quantitative estimate of drug-likeness (QED) is 0.635. The smallest absolute Gasteiger partial charge is 0.252 e. The zero-order valence-corrected chi connectivity index (χ0v) is 18.1. The predicted octanol–water partition coefficient (Wildman–Crippen LogP) is 3.41. The molecule has 0 bridgehead atoms. The summed E-state index contributed by atoms with van der Waals surface area (Å²) in [6, 6.07) is 15.1. The van der Waals surface area contributed by atoms with E-state index in [9.17, 15) is 9.59 Å². The number of amides is 2. The van der Waals surface area contributed by atoms with Crippen LogP contribution in [0.3, 0.4) is 0 Å². The van der Waals surface area contributed by atoms with Gasteiger partial charge in [0.1, 0.15) is 5.01 Å². The summed E-state index contributed by atoms with van der Waals surface area (Å²) in [6.45, 7) is 4.16. The lowest BCUT2D eigenvalue weighted by Gasteiger charge is -2.34. The summed E-state index contributed by atoms with van der Waals surface area (Å²) in [5.41, 5.74) is 1.47. The lowest BCUT2D eigenvalue weighted by atomic mass is 10.2. The van der Waals surface area contributed by atoms with Crippen LogP contribution in [0.5, 0.6) is 0 Å². The number of hydrogen-bond acceptors (Lipinski definition) is 5. The Balaban J connectivity index is 1.20. The topological polar surface area (TPSA) is 65.5 Å². The molecule has 156 valence electrons. The molecular formula is C22H23ClN4O2S. The number of nitrogens with zero attached hydrogens (tertiary/aromatic N) is 3. The highest BCUT2D eigenvalue weighted by atomic mass is 35.5. The highest BCUT2D eigenvalue weighted by molar-refractivity contribution is 7.18. The van der Waals surface area contributed by atoms with Gasteiger partial charge >= 0.3 is 0 Å². The van der Waals surface area contributed by atoms with Crippen LogP contribution in [0.1, 0.15) is 21.8 Å². The molecule has 2 amide bonds. The zero-order valence-electron chi connectivity index (χ0n) is 16.5. The van der Waals surface area contributed by atoms with Crippen LogP contribution in [0, 0.1) is 0 Å². The number of thiazole rings is 1. The first kappa shape index (κ1) is 20.8. The van der Waals surface area contributed by atoms with Crippen molar-refractivity contribution in [3.05, 3.63) is 64.1 Å². The van der Waals surface area contributed by atoms with E-state index in [4.69, 9.17) is 16.6 Å². The van der Waals surface area contributed by atoms with E-state index in [-0.39, 0.29) is 18.2 Å². The van der Waals surface area contributed by atoms with Crippen molar-refractivity contribution in [1.29, 1.82) is 0 Å². The summed E-state index contributed by atoms with van der Waals surface area (Å²) < 4.78 is 1.21. The minimum atomic E-state index is -0.256. The molecule has 1 aromatic heterocycles. The number of carbonyl (C=O) groups is 2. The third-order valence-electron chi connectivity index (χ3n) is 5.16. The second-order valence-corrected chi connectivity index (χ2v) is 8.74. The summed E-state index contributed by atoms with van der Waals surface area (Å²) in [4.78, 5) is 33.6. The van der Waals surface area contributed by atoms with Gasteiger partial charge in [-0.1, -0.05) is 35.9 Å². The van der Waals surface area contributed by atoms with Gasteiger partial charge in [0.25, 0.3) is 5.91 Å². The Morgan fingerprint density at radius 1 is 1.03 bits per heavy atom. The maximum absolute atomic E-state index is 12.5. The van der Waals surface area contributed by atoms with Gasteiger partial charge in [0.15, 0.2) is 0 Å². The van der Waals surface area contributed by atoms with Crippen molar-refractivity contribution in [2.45, 2.75) is 13.0 Å². The molecule has 0 saturated carbocycles. The molecule has 3 aromatic rings. The van der Waals surface area contributed by atoms with Gasteiger partial charge in [-0.15, -0.1) is 11.3 Å². The van der Waals surface area contributed by atoms with Gasteiger partial charge in [0, 0.05) is 39.1 Å². The average molecular weight is 443 g/mol.